The van der Waals surface area contributed by atoms with Crippen LogP contribution in [0.25, 0.3) is 0 Å². The lowest BCUT2D eigenvalue weighted by Crippen LogP contribution is -2.52. The van der Waals surface area contributed by atoms with Crippen molar-refractivity contribution in [3.8, 4) is 0 Å². The zero-order valence-corrected chi connectivity index (χ0v) is 6.82. The Bertz CT molecular complexity index is 131. The highest BCUT2D eigenvalue weighted by Crippen LogP contribution is 2.17. The number of rotatable bonds is 1. The van der Waals surface area contributed by atoms with Gasteiger partial charge in [0, 0.05) is 6.04 Å². The molecule has 0 aromatic carbocycles. The second-order valence-electron chi connectivity index (χ2n) is 2.96. The van der Waals surface area contributed by atoms with E-state index in [0.29, 0.717) is 0 Å². The van der Waals surface area contributed by atoms with Gasteiger partial charge >= 0.3 is 0 Å². The molecule has 1 aliphatic rings. The SMILES string of the molecule is CNC1C[C@@H](C)OC(O)[C@@H]1O. The number of hydrogen-bond donors (Lipinski definition) is 3. The molecule has 1 aliphatic heterocycles. The molecule has 1 fully saturated rings. The van der Waals surface area contributed by atoms with Crippen molar-refractivity contribution in [3.05, 3.63) is 0 Å². The van der Waals surface area contributed by atoms with E-state index in [1.807, 2.05) is 6.92 Å². The van der Waals surface area contributed by atoms with Crippen LogP contribution in [0.3, 0.4) is 0 Å². The van der Waals surface area contributed by atoms with Crippen molar-refractivity contribution < 1.29 is 14.9 Å². The van der Waals surface area contributed by atoms with E-state index < -0.39 is 12.4 Å². The normalized spacial score (nSPS) is 45.8. The van der Waals surface area contributed by atoms with Crippen molar-refractivity contribution in [2.75, 3.05) is 7.05 Å². The third-order valence-corrected chi connectivity index (χ3v) is 2.03. The van der Waals surface area contributed by atoms with Crippen LogP contribution >= 0.6 is 0 Å². The lowest BCUT2D eigenvalue weighted by Gasteiger charge is -2.35. The van der Waals surface area contributed by atoms with E-state index >= 15 is 0 Å². The second-order valence-corrected chi connectivity index (χ2v) is 2.96. The molecule has 4 heteroatoms. The van der Waals surface area contributed by atoms with Crippen LogP contribution in [0, 0.1) is 0 Å². The zero-order chi connectivity index (χ0) is 8.43. The zero-order valence-electron chi connectivity index (χ0n) is 6.82. The predicted octanol–water partition coefficient (Wildman–Crippen LogP) is -0.938. The van der Waals surface area contributed by atoms with E-state index in [9.17, 15) is 5.11 Å². The van der Waals surface area contributed by atoms with Crippen LogP contribution < -0.4 is 5.32 Å². The summed E-state index contributed by atoms with van der Waals surface area (Å²) in [6, 6.07) is -0.0613. The van der Waals surface area contributed by atoms with Crippen molar-refractivity contribution in [2.24, 2.45) is 0 Å². The Labute approximate surface area is 66.2 Å². The summed E-state index contributed by atoms with van der Waals surface area (Å²) in [5.41, 5.74) is 0. The number of likely N-dealkylation sites (N-methyl/N-ethyl adjacent to an activating group) is 1. The van der Waals surface area contributed by atoms with Gasteiger partial charge < -0.3 is 20.3 Å². The standard InChI is InChI=1S/C7H15NO3/c1-4-3-5(8-2)6(9)7(10)11-4/h4-10H,3H2,1-2H3/t4-,5?,6-,7?/m1/s1. The highest BCUT2D eigenvalue weighted by atomic mass is 16.6. The molecule has 1 saturated heterocycles. The minimum Gasteiger partial charge on any atom is -0.386 e. The first-order valence-electron chi connectivity index (χ1n) is 3.84. The van der Waals surface area contributed by atoms with Gasteiger partial charge in [-0.25, -0.2) is 0 Å². The Kier molecular flexibility index (Phi) is 2.84. The number of aliphatic hydroxyl groups excluding tert-OH is 2. The van der Waals surface area contributed by atoms with Crippen molar-refractivity contribution in [2.45, 2.75) is 37.9 Å². The lowest BCUT2D eigenvalue weighted by atomic mass is 10.0. The monoisotopic (exact) mass is 161 g/mol. The first-order valence-corrected chi connectivity index (χ1v) is 3.84. The predicted molar refractivity (Wildman–Crippen MR) is 40.0 cm³/mol. The average Bonchev–Trinajstić information content (AvgIpc) is 1.96. The molecule has 1 rings (SSSR count). The van der Waals surface area contributed by atoms with E-state index in [-0.39, 0.29) is 12.1 Å². The van der Waals surface area contributed by atoms with Crippen LogP contribution in [0.15, 0.2) is 0 Å². The molecule has 0 saturated carbocycles. The van der Waals surface area contributed by atoms with E-state index in [2.05, 4.69) is 5.32 Å². The summed E-state index contributed by atoms with van der Waals surface area (Å²) in [6.07, 6.45) is -1.12. The van der Waals surface area contributed by atoms with Gasteiger partial charge in [-0.3, -0.25) is 0 Å². The molecule has 1 heterocycles. The van der Waals surface area contributed by atoms with Gasteiger partial charge in [-0.1, -0.05) is 0 Å². The summed E-state index contributed by atoms with van der Waals surface area (Å²) in [7, 11) is 1.76. The van der Waals surface area contributed by atoms with E-state index in [1.165, 1.54) is 0 Å². The molecule has 2 unspecified atom stereocenters. The maximum atomic E-state index is 9.32. The molecule has 66 valence electrons. The summed E-state index contributed by atoms with van der Waals surface area (Å²) in [5, 5.41) is 21.4. The molecule has 0 spiro atoms. The Morgan fingerprint density at radius 3 is 2.64 bits per heavy atom. The van der Waals surface area contributed by atoms with Gasteiger partial charge in [-0.2, -0.15) is 0 Å². The smallest absolute Gasteiger partial charge is 0.182 e. The van der Waals surface area contributed by atoms with E-state index in [1.54, 1.807) is 7.05 Å². The van der Waals surface area contributed by atoms with Gasteiger partial charge in [-0.05, 0) is 20.4 Å². The topological polar surface area (TPSA) is 61.7 Å². The fourth-order valence-electron chi connectivity index (χ4n) is 1.36. The van der Waals surface area contributed by atoms with Gasteiger partial charge in [-0.15, -0.1) is 0 Å². The molecule has 0 aromatic rings. The third kappa shape index (κ3) is 1.90. The van der Waals surface area contributed by atoms with Crippen molar-refractivity contribution in [3.63, 3.8) is 0 Å². The first-order chi connectivity index (χ1) is 5.15. The minimum absolute atomic E-state index is 0.00542. The Morgan fingerprint density at radius 2 is 2.09 bits per heavy atom. The fourth-order valence-corrected chi connectivity index (χ4v) is 1.36. The molecule has 4 atom stereocenters. The van der Waals surface area contributed by atoms with Gasteiger partial charge in [0.1, 0.15) is 6.10 Å². The summed E-state index contributed by atoms with van der Waals surface area (Å²) in [4.78, 5) is 0. The van der Waals surface area contributed by atoms with Crippen molar-refractivity contribution in [1.82, 2.24) is 5.32 Å². The molecular weight excluding hydrogens is 146 g/mol. The van der Waals surface area contributed by atoms with Gasteiger partial charge in [0.2, 0.25) is 0 Å². The number of nitrogens with one attached hydrogen (secondary N) is 1. The molecule has 0 amide bonds. The van der Waals surface area contributed by atoms with Crippen molar-refractivity contribution in [1.29, 1.82) is 0 Å². The Hall–Kier alpha value is -0.160. The first kappa shape index (κ1) is 8.93. The van der Waals surface area contributed by atoms with Gasteiger partial charge in [0.05, 0.1) is 6.10 Å². The average molecular weight is 161 g/mol. The summed E-state index contributed by atoms with van der Waals surface area (Å²) in [6.45, 7) is 1.87. The number of hydrogen-bond acceptors (Lipinski definition) is 4. The van der Waals surface area contributed by atoms with Gasteiger partial charge in [0.25, 0.3) is 0 Å². The summed E-state index contributed by atoms with van der Waals surface area (Å²) >= 11 is 0. The van der Waals surface area contributed by atoms with Crippen LogP contribution in [-0.4, -0.2) is 41.8 Å². The Balaban J connectivity index is 2.51. The largest absolute Gasteiger partial charge is 0.386 e. The summed E-state index contributed by atoms with van der Waals surface area (Å²) < 4.78 is 5.00. The maximum absolute atomic E-state index is 9.32. The molecule has 3 N–H and O–H groups in total. The van der Waals surface area contributed by atoms with Crippen LogP contribution in [0.2, 0.25) is 0 Å². The minimum atomic E-state index is -1.05. The molecule has 0 bridgehead atoms. The molecule has 0 aliphatic carbocycles. The Morgan fingerprint density at radius 1 is 1.45 bits per heavy atom. The third-order valence-electron chi connectivity index (χ3n) is 2.03. The fraction of sp³-hybridized carbons (Fsp3) is 1.00. The lowest BCUT2D eigenvalue weighted by molar-refractivity contribution is -0.219. The maximum Gasteiger partial charge on any atom is 0.182 e. The van der Waals surface area contributed by atoms with E-state index in [4.69, 9.17) is 9.84 Å². The molecular formula is C7H15NO3. The number of ether oxygens (including phenoxy) is 1. The van der Waals surface area contributed by atoms with Crippen molar-refractivity contribution >= 4 is 0 Å². The quantitative estimate of drug-likeness (QED) is 0.464. The van der Waals surface area contributed by atoms with Crippen LogP contribution in [0.1, 0.15) is 13.3 Å². The van der Waals surface area contributed by atoms with Crippen LogP contribution in [-0.2, 0) is 4.74 Å². The summed E-state index contributed by atoms with van der Waals surface area (Å²) in [5.74, 6) is 0. The van der Waals surface area contributed by atoms with Crippen LogP contribution in [0.4, 0.5) is 0 Å². The number of aliphatic hydroxyl groups is 2. The molecule has 4 nitrogen and oxygen atoms in total. The van der Waals surface area contributed by atoms with Crippen LogP contribution in [0.5, 0.6) is 0 Å². The molecule has 11 heavy (non-hydrogen) atoms. The van der Waals surface area contributed by atoms with Gasteiger partial charge in [0.15, 0.2) is 6.29 Å². The highest BCUT2D eigenvalue weighted by molar-refractivity contribution is 4.83. The van der Waals surface area contributed by atoms with E-state index in [0.717, 1.165) is 6.42 Å². The highest BCUT2D eigenvalue weighted by Gasteiger charge is 2.33. The molecule has 0 radical (unpaired) electrons. The second kappa shape index (κ2) is 3.49. The molecule has 0 aromatic heterocycles.